The summed E-state index contributed by atoms with van der Waals surface area (Å²) in [6.07, 6.45) is 2.33. The maximum atomic E-state index is 12.3. The van der Waals surface area contributed by atoms with E-state index in [-0.39, 0.29) is 28.8 Å². The molecule has 4 heteroatoms. The Kier molecular flexibility index (Phi) is 7.09. The number of nitrogens with one attached hydrogen (secondary N) is 1. The smallest absolute Gasteiger partial charge is 0.223 e. The maximum absolute atomic E-state index is 12.3. The summed E-state index contributed by atoms with van der Waals surface area (Å²) >= 11 is 0. The van der Waals surface area contributed by atoms with Gasteiger partial charge in [0.1, 0.15) is 0 Å². The average molecular weight is 327 g/mol. The first-order valence-corrected chi connectivity index (χ1v) is 9.11. The highest BCUT2D eigenvalue weighted by Gasteiger charge is 2.32. The fourth-order valence-corrected chi connectivity index (χ4v) is 3.31. The number of hydrogen-bond donors (Lipinski definition) is 2. The first-order chi connectivity index (χ1) is 10.4. The van der Waals surface area contributed by atoms with E-state index in [0.29, 0.717) is 12.5 Å². The van der Waals surface area contributed by atoms with Gasteiger partial charge in [-0.25, -0.2) is 0 Å². The van der Waals surface area contributed by atoms with E-state index in [1.165, 1.54) is 0 Å². The zero-order valence-corrected chi connectivity index (χ0v) is 16.3. The molecule has 0 saturated carbocycles. The molecular weight excluding hydrogens is 288 g/mol. The summed E-state index contributed by atoms with van der Waals surface area (Å²) in [7, 11) is 0. The van der Waals surface area contributed by atoms with Gasteiger partial charge in [0.25, 0.3) is 0 Å². The summed E-state index contributed by atoms with van der Waals surface area (Å²) in [6, 6.07) is 0.451. The number of rotatable bonds is 6. The van der Waals surface area contributed by atoms with Crippen LogP contribution in [0.5, 0.6) is 0 Å². The molecule has 1 aliphatic rings. The quantitative estimate of drug-likeness (QED) is 0.789. The number of carbonyl (C=O) groups is 1. The van der Waals surface area contributed by atoms with Gasteiger partial charge in [-0.1, -0.05) is 48.5 Å². The Morgan fingerprint density at radius 1 is 1.17 bits per heavy atom. The predicted octanol–water partition coefficient (Wildman–Crippen LogP) is 3.05. The molecule has 1 saturated heterocycles. The van der Waals surface area contributed by atoms with E-state index in [1.54, 1.807) is 0 Å². The standard InChI is InChI=1S/C19H38N2O2/c1-14(2)17(23)19(6,7)13-20-15-8-10-21(11-9-15)16(22)12-18(3,4)5/h14-15,17,20,23H,8-13H2,1-7H3. The lowest BCUT2D eigenvalue weighted by Gasteiger charge is -2.38. The molecule has 2 N–H and O–H groups in total. The highest BCUT2D eigenvalue weighted by Crippen LogP contribution is 2.26. The van der Waals surface area contributed by atoms with Crippen molar-refractivity contribution in [2.45, 2.75) is 79.9 Å². The van der Waals surface area contributed by atoms with Crippen LogP contribution in [0.25, 0.3) is 0 Å². The van der Waals surface area contributed by atoms with Crippen molar-refractivity contribution in [2.75, 3.05) is 19.6 Å². The number of hydrogen-bond acceptors (Lipinski definition) is 3. The fraction of sp³-hybridized carbons (Fsp3) is 0.947. The third-order valence-corrected chi connectivity index (χ3v) is 4.81. The molecule has 0 bridgehead atoms. The van der Waals surface area contributed by atoms with Crippen LogP contribution in [0.1, 0.15) is 67.7 Å². The number of aliphatic hydroxyl groups is 1. The van der Waals surface area contributed by atoms with Gasteiger partial charge >= 0.3 is 0 Å². The molecule has 1 unspecified atom stereocenters. The number of carbonyl (C=O) groups excluding carboxylic acids is 1. The Bertz CT molecular complexity index is 377. The Labute approximate surface area is 143 Å². The highest BCUT2D eigenvalue weighted by molar-refractivity contribution is 5.76. The fourth-order valence-electron chi connectivity index (χ4n) is 3.31. The van der Waals surface area contributed by atoms with Crippen molar-refractivity contribution in [1.82, 2.24) is 10.2 Å². The van der Waals surface area contributed by atoms with Gasteiger partial charge in [0.05, 0.1) is 6.10 Å². The minimum atomic E-state index is -0.302. The first kappa shape index (κ1) is 20.4. The number of amides is 1. The average Bonchev–Trinajstić information content (AvgIpc) is 2.43. The monoisotopic (exact) mass is 326 g/mol. The molecule has 23 heavy (non-hydrogen) atoms. The molecule has 1 rings (SSSR count). The number of piperidine rings is 1. The Balaban J connectivity index is 2.38. The molecule has 0 aromatic carbocycles. The number of nitrogens with zero attached hydrogens (tertiary/aromatic N) is 1. The predicted molar refractivity (Wildman–Crippen MR) is 96.3 cm³/mol. The summed E-state index contributed by atoms with van der Waals surface area (Å²) in [5, 5.41) is 13.9. The van der Waals surface area contributed by atoms with Crippen LogP contribution in [0, 0.1) is 16.7 Å². The van der Waals surface area contributed by atoms with Crippen molar-refractivity contribution in [1.29, 1.82) is 0 Å². The van der Waals surface area contributed by atoms with Crippen LogP contribution < -0.4 is 5.32 Å². The van der Waals surface area contributed by atoms with Crippen LogP contribution in [0.3, 0.4) is 0 Å². The lowest BCUT2D eigenvalue weighted by molar-refractivity contribution is -0.134. The SMILES string of the molecule is CC(C)C(O)C(C)(C)CNC1CCN(C(=O)CC(C)(C)C)CC1. The van der Waals surface area contributed by atoms with Crippen molar-refractivity contribution < 1.29 is 9.90 Å². The molecule has 1 heterocycles. The van der Waals surface area contributed by atoms with Gasteiger partial charge in [-0.3, -0.25) is 4.79 Å². The van der Waals surface area contributed by atoms with Gasteiger partial charge in [-0.15, -0.1) is 0 Å². The summed E-state index contributed by atoms with van der Waals surface area (Å²) in [6.45, 7) is 17.2. The van der Waals surface area contributed by atoms with E-state index in [0.717, 1.165) is 32.5 Å². The Morgan fingerprint density at radius 3 is 2.13 bits per heavy atom. The summed E-state index contributed by atoms with van der Waals surface area (Å²) < 4.78 is 0. The van der Waals surface area contributed by atoms with Crippen molar-refractivity contribution in [3.63, 3.8) is 0 Å². The van der Waals surface area contributed by atoms with E-state index in [4.69, 9.17) is 0 Å². The second kappa shape index (κ2) is 7.98. The molecule has 1 aliphatic heterocycles. The normalized spacial score (nSPS) is 19.3. The molecule has 0 aromatic rings. The third kappa shape index (κ3) is 6.80. The number of likely N-dealkylation sites (tertiary alicyclic amines) is 1. The van der Waals surface area contributed by atoms with E-state index >= 15 is 0 Å². The van der Waals surface area contributed by atoms with Crippen LogP contribution >= 0.6 is 0 Å². The third-order valence-electron chi connectivity index (χ3n) is 4.81. The summed E-state index contributed by atoms with van der Waals surface area (Å²) in [4.78, 5) is 14.3. The van der Waals surface area contributed by atoms with Crippen LogP contribution in [0.4, 0.5) is 0 Å². The summed E-state index contributed by atoms with van der Waals surface area (Å²) in [5.74, 6) is 0.551. The molecule has 136 valence electrons. The molecule has 1 atom stereocenters. The highest BCUT2D eigenvalue weighted by atomic mass is 16.3. The zero-order valence-electron chi connectivity index (χ0n) is 16.3. The lowest BCUT2D eigenvalue weighted by Crippen LogP contribution is -2.49. The van der Waals surface area contributed by atoms with Crippen molar-refractivity contribution >= 4 is 5.91 Å². The van der Waals surface area contributed by atoms with E-state index in [9.17, 15) is 9.90 Å². The molecular formula is C19H38N2O2. The zero-order chi connectivity index (χ0) is 17.8. The van der Waals surface area contributed by atoms with E-state index in [2.05, 4.69) is 53.8 Å². The van der Waals surface area contributed by atoms with Crippen LogP contribution in [-0.4, -0.2) is 47.7 Å². The largest absolute Gasteiger partial charge is 0.392 e. The van der Waals surface area contributed by atoms with Crippen LogP contribution in [-0.2, 0) is 4.79 Å². The van der Waals surface area contributed by atoms with Crippen LogP contribution in [0.15, 0.2) is 0 Å². The molecule has 0 aromatic heterocycles. The molecule has 0 radical (unpaired) electrons. The van der Waals surface area contributed by atoms with Crippen molar-refractivity contribution in [2.24, 2.45) is 16.7 Å². The molecule has 1 amide bonds. The second-order valence-corrected chi connectivity index (χ2v) is 9.45. The van der Waals surface area contributed by atoms with E-state index in [1.807, 2.05) is 4.90 Å². The van der Waals surface area contributed by atoms with Gasteiger partial charge in [0.15, 0.2) is 0 Å². The van der Waals surface area contributed by atoms with Gasteiger partial charge in [0.2, 0.25) is 5.91 Å². The lowest BCUT2D eigenvalue weighted by atomic mass is 9.80. The van der Waals surface area contributed by atoms with Gasteiger partial charge in [0, 0.05) is 37.5 Å². The van der Waals surface area contributed by atoms with Gasteiger partial charge in [-0.2, -0.15) is 0 Å². The maximum Gasteiger partial charge on any atom is 0.223 e. The Hall–Kier alpha value is -0.610. The molecule has 4 nitrogen and oxygen atoms in total. The first-order valence-electron chi connectivity index (χ1n) is 9.11. The van der Waals surface area contributed by atoms with Gasteiger partial charge in [-0.05, 0) is 24.2 Å². The minimum absolute atomic E-state index is 0.0587. The Morgan fingerprint density at radius 2 is 1.70 bits per heavy atom. The topological polar surface area (TPSA) is 52.6 Å². The summed E-state index contributed by atoms with van der Waals surface area (Å²) in [5.41, 5.74) is -0.0729. The molecule has 1 fully saturated rings. The molecule has 0 spiro atoms. The minimum Gasteiger partial charge on any atom is -0.392 e. The van der Waals surface area contributed by atoms with Crippen molar-refractivity contribution in [3.05, 3.63) is 0 Å². The molecule has 0 aliphatic carbocycles. The number of aliphatic hydroxyl groups excluding tert-OH is 1. The van der Waals surface area contributed by atoms with Crippen molar-refractivity contribution in [3.8, 4) is 0 Å². The van der Waals surface area contributed by atoms with Gasteiger partial charge < -0.3 is 15.3 Å². The van der Waals surface area contributed by atoms with Crippen LogP contribution in [0.2, 0.25) is 0 Å². The van der Waals surface area contributed by atoms with E-state index < -0.39 is 0 Å². The second-order valence-electron chi connectivity index (χ2n) is 9.45.